The van der Waals surface area contributed by atoms with Gasteiger partial charge in [0.15, 0.2) is 5.82 Å². The number of para-hydroxylation sites is 1. The van der Waals surface area contributed by atoms with Crippen LogP contribution >= 0.6 is 0 Å². The lowest BCUT2D eigenvalue weighted by Crippen LogP contribution is -2.41. The first-order valence-electron chi connectivity index (χ1n) is 9.46. The van der Waals surface area contributed by atoms with E-state index in [0.717, 1.165) is 12.5 Å². The van der Waals surface area contributed by atoms with Crippen LogP contribution in [0, 0.1) is 5.92 Å². The number of piperidine rings is 1. The van der Waals surface area contributed by atoms with Crippen molar-refractivity contribution < 1.29 is 18.0 Å². The molecule has 0 bridgehead atoms. The van der Waals surface area contributed by atoms with Crippen LogP contribution in [0.2, 0.25) is 0 Å². The summed E-state index contributed by atoms with van der Waals surface area (Å²) >= 11 is 0. The molecule has 7 nitrogen and oxygen atoms in total. The Kier molecular flexibility index (Phi) is 5.39. The molecule has 1 aliphatic rings. The fourth-order valence-corrected chi connectivity index (χ4v) is 3.51. The predicted octanol–water partition coefficient (Wildman–Crippen LogP) is 3.54. The van der Waals surface area contributed by atoms with E-state index in [0.29, 0.717) is 31.1 Å². The van der Waals surface area contributed by atoms with Crippen molar-refractivity contribution in [1.29, 1.82) is 0 Å². The van der Waals surface area contributed by atoms with Crippen LogP contribution in [-0.4, -0.2) is 38.7 Å². The number of aromatic nitrogens is 4. The Labute approximate surface area is 170 Å². The fourth-order valence-electron chi connectivity index (χ4n) is 3.51. The molecule has 1 fully saturated rings. The number of alkyl halides is 3. The molecule has 3 aromatic rings. The van der Waals surface area contributed by atoms with Crippen molar-refractivity contribution in [2.75, 3.05) is 23.3 Å². The van der Waals surface area contributed by atoms with Crippen LogP contribution in [0.1, 0.15) is 18.4 Å². The molecule has 156 valence electrons. The largest absolute Gasteiger partial charge is 0.418 e. The Morgan fingerprint density at radius 3 is 2.70 bits per heavy atom. The second-order valence-electron chi connectivity index (χ2n) is 7.00. The molecule has 4 rings (SSSR count). The molecule has 1 aromatic carbocycles. The van der Waals surface area contributed by atoms with Crippen molar-refractivity contribution in [1.82, 2.24) is 19.7 Å². The number of amides is 1. The first-order valence-corrected chi connectivity index (χ1v) is 9.46. The summed E-state index contributed by atoms with van der Waals surface area (Å²) in [6.07, 6.45) is 1.61. The van der Waals surface area contributed by atoms with Gasteiger partial charge in [-0.15, -0.1) is 0 Å². The Morgan fingerprint density at radius 1 is 1.13 bits per heavy atom. The summed E-state index contributed by atoms with van der Waals surface area (Å²) in [7, 11) is 0. The highest BCUT2D eigenvalue weighted by molar-refractivity contribution is 5.93. The summed E-state index contributed by atoms with van der Waals surface area (Å²) in [5.41, 5.74) is -1.08. The highest BCUT2D eigenvalue weighted by atomic mass is 19.4. The van der Waals surface area contributed by atoms with Crippen molar-refractivity contribution in [3.8, 4) is 5.82 Å². The minimum atomic E-state index is -4.54. The lowest BCUT2D eigenvalue weighted by Gasteiger charge is -2.33. The Hall–Kier alpha value is -3.43. The van der Waals surface area contributed by atoms with Crippen LogP contribution in [0.15, 0.2) is 55.1 Å². The van der Waals surface area contributed by atoms with Crippen LogP contribution in [0.3, 0.4) is 0 Å². The van der Waals surface area contributed by atoms with Crippen molar-refractivity contribution >= 4 is 17.4 Å². The number of hydrogen-bond acceptors (Lipinski definition) is 5. The molecule has 1 N–H and O–H groups in total. The van der Waals surface area contributed by atoms with Gasteiger partial charge >= 0.3 is 6.18 Å². The van der Waals surface area contributed by atoms with E-state index in [2.05, 4.69) is 20.4 Å². The van der Waals surface area contributed by atoms with E-state index < -0.39 is 23.6 Å². The normalized spacial score (nSPS) is 17.0. The molecule has 0 aliphatic carbocycles. The third-order valence-electron chi connectivity index (χ3n) is 4.98. The quantitative estimate of drug-likeness (QED) is 0.704. The number of nitrogens with zero attached hydrogens (tertiary/aromatic N) is 5. The van der Waals surface area contributed by atoms with Crippen LogP contribution in [-0.2, 0) is 11.0 Å². The molecule has 30 heavy (non-hydrogen) atoms. The van der Waals surface area contributed by atoms with E-state index >= 15 is 0 Å². The fraction of sp³-hybridized carbons (Fsp3) is 0.300. The van der Waals surface area contributed by atoms with E-state index in [1.54, 1.807) is 29.2 Å². The molecule has 1 atom stereocenters. The number of hydrogen-bond donors (Lipinski definition) is 1. The maximum absolute atomic E-state index is 13.2. The monoisotopic (exact) mass is 416 g/mol. The second-order valence-corrected chi connectivity index (χ2v) is 7.00. The topological polar surface area (TPSA) is 75.9 Å². The molecular formula is C20H19F3N6O. The van der Waals surface area contributed by atoms with Gasteiger partial charge in [-0.05, 0) is 31.0 Å². The predicted molar refractivity (Wildman–Crippen MR) is 104 cm³/mol. The van der Waals surface area contributed by atoms with Gasteiger partial charge in [-0.2, -0.15) is 18.3 Å². The van der Waals surface area contributed by atoms with Crippen LogP contribution in [0.25, 0.3) is 5.82 Å². The number of rotatable bonds is 4. The van der Waals surface area contributed by atoms with Gasteiger partial charge in [0.1, 0.15) is 12.1 Å². The molecule has 0 saturated carbocycles. The summed E-state index contributed by atoms with van der Waals surface area (Å²) in [6, 6.07) is 8.54. The standard InChI is InChI=1S/C20H19F3N6O/c21-20(22,23)15-6-1-2-7-16(15)27-19(30)14-5-3-9-28(12-14)17-11-18(25-13-24-17)29-10-4-8-26-29/h1-2,4,6-8,10-11,13-14H,3,5,9,12H2,(H,27,30). The third-order valence-corrected chi connectivity index (χ3v) is 4.98. The van der Waals surface area contributed by atoms with Gasteiger partial charge in [0.05, 0.1) is 17.2 Å². The zero-order valence-electron chi connectivity index (χ0n) is 15.9. The summed E-state index contributed by atoms with van der Waals surface area (Å²) in [4.78, 5) is 23.2. The molecule has 1 aliphatic heterocycles. The summed E-state index contributed by atoms with van der Waals surface area (Å²) in [6.45, 7) is 1.05. The smallest absolute Gasteiger partial charge is 0.356 e. The Balaban J connectivity index is 1.49. The van der Waals surface area contributed by atoms with Crippen LogP contribution < -0.4 is 10.2 Å². The van der Waals surface area contributed by atoms with Crippen LogP contribution in [0.5, 0.6) is 0 Å². The molecular weight excluding hydrogens is 397 g/mol. The van der Waals surface area contributed by atoms with E-state index in [4.69, 9.17) is 0 Å². The van der Waals surface area contributed by atoms with Gasteiger partial charge in [-0.1, -0.05) is 12.1 Å². The van der Waals surface area contributed by atoms with Crippen molar-refractivity contribution in [3.63, 3.8) is 0 Å². The third kappa shape index (κ3) is 4.27. The van der Waals surface area contributed by atoms with Crippen molar-refractivity contribution in [3.05, 3.63) is 60.7 Å². The van der Waals surface area contributed by atoms with Crippen LogP contribution in [0.4, 0.5) is 24.7 Å². The summed E-state index contributed by atoms with van der Waals surface area (Å²) in [5.74, 6) is 0.347. The maximum atomic E-state index is 13.2. The van der Waals surface area contributed by atoms with Crippen molar-refractivity contribution in [2.24, 2.45) is 5.92 Å². The Bertz CT molecular complexity index is 1020. The number of carbonyl (C=O) groups excluding carboxylic acids is 1. The number of anilines is 2. The van der Waals surface area contributed by atoms with Gasteiger partial charge in [0.2, 0.25) is 5.91 Å². The lowest BCUT2D eigenvalue weighted by atomic mass is 9.96. The van der Waals surface area contributed by atoms with E-state index in [9.17, 15) is 18.0 Å². The van der Waals surface area contributed by atoms with E-state index in [-0.39, 0.29) is 5.69 Å². The highest BCUT2D eigenvalue weighted by Crippen LogP contribution is 2.35. The van der Waals surface area contributed by atoms with Gasteiger partial charge in [-0.25, -0.2) is 14.6 Å². The summed E-state index contributed by atoms with van der Waals surface area (Å²) in [5, 5.41) is 6.60. The first-order chi connectivity index (χ1) is 14.4. The highest BCUT2D eigenvalue weighted by Gasteiger charge is 2.34. The van der Waals surface area contributed by atoms with E-state index in [1.165, 1.54) is 24.5 Å². The minimum absolute atomic E-state index is 0.227. The second kappa shape index (κ2) is 8.13. The van der Waals surface area contributed by atoms with Gasteiger partial charge in [-0.3, -0.25) is 4.79 Å². The molecule has 1 amide bonds. The minimum Gasteiger partial charge on any atom is -0.356 e. The molecule has 0 radical (unpaired) electrons. The van der Waals surface area contributed by atoms with Gasteiger partial charge in [0, 0.05) is 31.5 Å². The van der Waals surface area contributed by atoms with Gasteiger partial charge < -0.3 is 10.2 Å². The zero-order chi connectivity index (χ0) is 21.1. The molecule has 1 saturated heterocycles. The zero-order valence-corrected chi connectivity index (χ0v) is 15.9. The molecule has 0 spiro atoms. The number of carbonyl (C=O) groups is 1. The molecule has 2 aromatic heterocycles. The molecule has 10 heteroatoms. The average Bonchev–Trinajstić information content (AvgIpc) is 3.29. The number of benzene rings is 1. The number of nitrogens with one attached hydrogen (secondary N) is 1. The van der Waals surface area contributed by atoms with Gasteiger partial charge in [0.25, 0.3) is 0 Å². The number of halogens is 3. The average molecular weight is 416 g/mol. The molecule has 1 unspecified atom stereocenters. The van der Waals surface area contributed by atoms with E-state index in [1.807, 2.05) is 4.90 Å². The van der Waals surface area contributed by atoms with Crippen molar-refractivity contribution in [2.45, 2.75) is 19.0 Å². The lowest BCUT2D eigenvalue weighted by molar-refractivity contribution is -0.137. The molecule has 3 heterocycles. The Morgan fingerprint density at radius 2 is 1.93 bits per heavy atom. The summed E-state index contributed by atoms with van der Waals surface area (Å²) < 4.78 is 41.2. The SMILES string of the molecule is O=C(Nc1ccccc1C(F)(F)F)C1CCCN(c2cc(-n3cccn3)ncn2)C1. The first kappa shape index (κ1) is 19.9. The maximum Gasteiger partial charge on any atom is 0.418 e.